The van der Waals surface area contributed by atoms with Crippen molar-refractivity contribution >= 4 is 15.9 Å². The number of hydrogen-bond acceptors (Lipinski definition) is 1. The van der Waals surface area contributed by atoms with Crippen molar-refractivity contribution in [2.75, 3.05) is 0 Å². The quantitative estimate of drug-likeness (QED) is 0.686. The maximum Gasteiger partial charge on any atom is 0.0791 e. The summed E-state index contributed by atoms with van der Waals surface area (Å²) in [7, 11) is 0. The van der Waals surface area contributed by atoms with E-state index in [1.54, 1.807) is 5.56 Å². The van der Waals surface area contributed by atoms with Crippen LogP contribution in [0.5, 0.6) is 0 Å². The number of benzene rings is 1. The highest BCUT2D eigenvalue weighted by molar-refractivity contribution is 9.10. The van der Waals surface area contributed by atoms with Crippen LogP contribution in [-0.4, -0.2) is 9.78 Å². The Morgan fingerprint density at radius 1 is 0.955 bits per heavy atom. The minimum atomic E-state index is 0.704. The lowest BCUT2D eigenvalue weighted by Gasteiger charge is -2.25. The number of rotatable bonds is 2. The van der Waals surface area contributed by atoms with Crippen molar-refractivity contribution in [2.45, 2.75) is 63.7 Å². The second-order valence-corrected chi connectivity index (χ2v) is 7.57. The molecule has 0 N–H and O–H groups in total. The van der Waals surface area contributed by atoms with Crippen LogP contribution in [-0.2, 0) is 12.8 Å². The van der Waals surface area contributed by atoms with Crippen molar-refractivity contribution in [2.24, 2.45) is 0 Å². The van der Waals surface area contributed by atoms with Crippen LogP contribution < -0.4 is 0 Å². The van der Waals surface area contributed by atoms with Gasteiger partial charge in [0.25, 0.3) is 0 Å². The van der Waals surface area contributed by atoms with E-state index in [9.17, 15) is 0 Å². The molecule has 0 unspecified atom stereocenters. The molecule has 1 aromatic heterocycles. The van der Waals surface area contributed by atoms with E-state index in [2.05, 4.69) is 44.9 Å². The predicted octanol–water partition coefficient (Wildman–Crippen LogP) is 5.56. The topological polar surface area (TPSA) is 17.8 Å². The molecule has 0 radical (unpaired) electrons. The minimum Gasteiger partial charge on any atom is -0.236 e. The molecule has 0 spiro atoms. The third kappa shape index (κ3) is 2.54. The van der Waals surface area contributed by atoms with Crippen molar-refractivity contribution in [3.8, 4) is 5.69 Å². The van der Waals surface area contributed by atoms with E-state index in [4.69, 9.17) is 5.10 Å². The van der Waals surface area contributed by atoms with Crippen molar-refractivity contribution in [3.63, 3.8) is 0 Å². The summed E-state index contributed by atoms with van der Waals surface area (Å²) in [5.41, 5.74) is 5.68. The van der Waals surface area contributed by atoms with Gasteiger partial charge in [0.1, 0.15) is 0 Å². The summed E-state index contributed by atoms with van der Waals surface area (Å²) in [6.07, 6.45) is 11.8. The summed E-state index contributed by atoms with van der Waals surface area (Å²) in [6, 6.07) is 8.51. The Bertz CT molecular complexity index is 668. The largest absolute Gasteiger partial charge is 0.236 e. The van der Waals surface area contributed by atoms with Crippen LogP contribution in [0.15, 0.2) is 28.7 Å². The molecule has 22 heavy (non-hydrogen) atoms. The van der Waals surface area contributed by atoms with E-state index < -0.39 is 0 Å². The van der Waals surface area contributed by atoms with Crippen molar-refractivity contribution in [1.29, 1.82) is 0 Å². The fourth-order valence-corrected chi connectivity index (χ4v) is 4.63. The molecule has 1 aromatic carbocycles. The monoisotopic (exact) mass is 358 g/mol. The smallest absolute Gasteiger partial charge is 0.0791 e. The summed E-state index contributed by atoms with van der Waals surface area (Å²) in [5, 5.41) is 5.04. The van der Waals surface area contributed by atoms with Crippen LogP contribution in [0, 0.1) is 0 Å². The first-order valence-electron chi connectivity index (χ1n) is 8.70. The molecule has 1 heterocycles. The van der Waals surface area contributed by atoms with E-state index in [1.165, 1.54) is 68.4 Å². The van der Waals surface area contributed by atoms with Crippen molar-refractivity contribution in [1.82, 2.24) is 9.78 Å². The maximum absolute atomic E-state index is 5.04. The second kappa shape index (κ2) is 6.19. The van der Waals surface area contributed by atoms with Crippen LogP contribution >= 0.6 is 15.9 Å². The van der Waals surface area contributed by atoms with Gasteiger partial charge in [-0.05, 0) is 72.2 Å². The number of hydrogen-bond donors (Lipinski definition) is 0. The van der Waals surface area contributed by atoms with Gasteiger partial charge in [-0.1, -0.05) is 31.4 Å². The fraction of sp³-hybridized carbons (Fsp3) is 0.526. The zero-order chi connectivity index (χ0) is 14.9. The molecule has 1 saturated carbocycles. The Hall–Kier alpha value is -1.09. The van der Waals surface area contributed by atoms with Gasteiger partial charge in [0.05, 0.1) is 17.1 Å². The lowest BCUT2D eigenvalue weighted by Crippen LogP contribution is -2.13. The molecule has 1 fully saturated rings. The average Bonchev–Trinajstić information content (AvgIpc) is 2.95. The standard InChI is InChI=1S/C19H23BrN2/c20-16-11-5-7-13-18(16)22-19(14-8-2-1-3-9-14)15-10-4-6-12-17(15)21-22/h5,7,11,13-14H,1-4,6,8-10,12H2. The Morgan fingerprint density at radius 2 is 1.73 bits per heavy atom. The van der Waals surface area contributed by atoms with Gasteiger partial charge in [-0.15, -0.1) is 0 Å². The van der Waals surface area contributed by atoms with E-state index in [1.807, 2.05) is 0 Å². The second-order valence-electron chi connectivity index (χ2n) is 6.72. The molecule has 3 heteroatoms. The minimum absolute atomic E-state index is 0.704. The van der Waals surface area contributed by atoms with Crippen LogP contribution in [0.25, 0.3) is 5.69 Å². The van der Waals surface area contributed by atoms with Crippen LogP contribution in [0.3, 0.4) is 0 Å². The first-order chi connectivity index (χ1) is 10.8. The van der Waals surface area contributed by atoms with Crippen LogP contribution in [0.4, 0.5) is 0 Å². The van der Waals surface area contributed by atoms with E-state index in [-0.39, 0.29) is 0 Å². The molecule has 2 aliphatic carbocycles. The first kappa shape index (κ1) is 14.5. The Kier molecular flexibility index (Phi) is 4.08. The molecule has 0 amide bonds. The number of aromatic nitrogens is 2. The van der Waals surface area contributed by atoms with Gasteiger partial charge in [0.15, 0.2) is 0 Å². The Balaban J connectivity index is 1.86. The van der Waals surface area contributed by atoms with Gasteiger partial charge >= 0.3 is 0 Å². The van der Waals surface area contributed by atoms with E-state index in [0.717, 1.165) is 10.9 Å². The highest BCUT2D eigenvalue weighted by Gasteiger charge is 2.28. The van der Waals surface area contributed by atoms with Crippen LogP contribution in [0.2, 0.25) is 0 Å². The molecule has 0 saturated heterocycles. The third-order valence-corrected chi connectivity index (χ3v) is 5.94. The number of fused-ring (bicyclic) bond motifs is 1. The highest BCUT2D eigenvalue weighted by atomic mass is 79.9. The Morgan fingerprint density at radius 3 is 2.55 bits per heavy atom. The van der Waals surface area contributed by atoms with Crippen LogP contribution in [0.1, 0.15) is 67.8 Å². The van der Waals surface area contributed by atoms with Gasteiger partial charge in [0, 0.05) is 10.4 Å². The lowest BCUT2D eigenvalue weighted by atomic mass is 9.83. The van der Waals surface area contributed by atoms with Crippen molar-refractivity contribution < 1.29 is 0 Å². The number of nitrogens with zero attached hydrogens (tertiary/aromatic N) is 2. The summed E-state index contributed by atoms with van der Waals surface area (Å²) < 4.78 is 3.42. The molecule has 2 aromatic rings. The average molecular weight is 359 g/mol. The van der Waals surface area contributed by atoms with Gasteiger partial charge in [-0.2, -0.15) is 5.10 Å². The molecule has 2 aliphatic rings. The summed E-state index contributed by atoms with van der Waals surface area (Å²) in [6.45, 7) is 0. The molecule has 4 rings (SSSR count). The predicted molar refractivity (Wildman–Crippen MR) is 93.7 cm³/mol. The summed E-state index contributed by atoms with van der Waals surface area (Å²) in [4.78, 5) is 0. The normalized spacial score (nSPS) is 19.1. The molecular weight excluding hydrogens is 336 g/mol. The van der Waals surface area contributed by atoms with Gasteiger partial charge in [-0.3, -0.25) is 0 Å². The lowest BCUT2D eigenvalue weighted by molar-refractivity contribution is 0.427. The molecule has 0 bridgehead atoms. The maximum atomic E-state index is 5.04. The zero-order valence-corrected chi connectivity index (χ0v) is 14.6. The highest BCUT2D eigenvalue weighted by Crippen LogP contribution is 2.39. The third-order valence-electron chi connectivity index (χ3n) is 5.27. The van der Waals surface area contributed by atoms with Gasteiger partial charge < -0.3 is 0 Å². The van der Waals surface area contributed by atoms with E-state index in [0.29, 0.717) is 5.92 Å². The summed E-state index contributed by atoms with van der Waals surface area (Å²) >= 11 is 3.72. The zero-order valence-electron chi connectivity index (χ0n) is 13.0. The molecule has 0 atom stereocenters. The molecule has 116 valence electrons. The SMILES string of the molecule is Brc1ccccc1-n1nc2c(c1C1CCCCC1)CCCC2. The molecule has 0 aliphatic heterocycles. The van der Waals surface area contributed by atoms with Gasteiger partial charge in [0.2, 0.25) is 0 Å². The van der Waals surface area contributed by atoms with E-state index >= 15 is 0 Å². The van der Waals surface area contributed by atoms with Gasteiger partial charge in [-0.25, -0.2) is 4.68 Å². The first-order valence-corrected chi connectivity index (χ1v) is 9.49. The number of aryl methyl sites for hydroxylation is 1. The van der Waals surface area contributed by atoms with Crippen molar-refractivity contribution in [3.05, 3.63) is 45.7 Å². The fourth-order valence-electron chi connectivity index (χ4n) is 4.18. The Labute approximate surface area is 141 Å². The molecule has 2 nitrogen and oxygen atoms in total. The summed E-state index contributed by atoms with van der Waals surface area (Å²) in [5.74, 6) is 0.704. The number of halogens is 1. The molecular formula is C19H23BrN2. The number of para-hydroxylation sites is 1.